The van der Waals surface area contributed by atoms with Crippen LogP contribution < -0.4 is 5.32 Å². The van der Waals surface area contributed by atoms with Gasteiger partial charge >= 0.3 is 0 Å². The molecule has 4 heteroatoms. The number of hydrogen-bond donors (Lipinski definition) is 1. The standard InChI is InChI=1S/C14H26N2OS/c1-11-10-12(5-7-15-11)14(17)16-8-3-4-13(18-2)6-9-16/h11-13,15H,3-10H2,1-2H3. The van der Waals surface area contributed by atoms with Crippen LogP contribution in [0.2, 0.25) is 0 Å². The number of hydrogen-bond acceptors (Lipinski definition) is 3. The molecule has 0 aromatic rings. The number of nitrogens with zero attached hydrogens (tertiary/aromatic N) is 1. The van der Waals surface area contributed by atoms with Crippen LogP contribution in [0, 0.1) is 5.92 Å². The van der Waals surface area contributed by atoms with Gasteiger partial charge in [-0.2, -0.15) is 11.8 Å². The molecule has 0 aliphatic carbocycles. The molecule has 104 valence electrons. The minimum Gasteiger partial charge on any atom is -0.342 e. The monoisotopic (exact) mass is 270 g/mol. The quantitative estimate of drug-likeness (QED) is 0.834. The molecule has 18 heavy (non-hydrogen) atoms. The molecule has 0 spiro atoms. The van der Waals surface area contributed by atoms with Crippen molar-refractivity contribution in [2.24, 2.45) is 5.92 Å². The van der Waals surface area contributed by atoms with E-state index in [-0.39, 0.29) is 5.92 Å². The molecule has 0 aromatic heterocycles. The molecular weight excluding hydrogens is 244 g/mol. The Kier molecular flexibility index (Phi) is 5.37. The van der Waals surface area contributed by atoms with Crippen LogP contribution in [0.3, 0.4) is 0 Å². The molecule has 3 nitrogen and oxygen atoms in total. The fourth-order valence-corrected chi connectivity index (χ4v) is 3.88. The summed E-state index contributed by atoms with van der Waals surface area (Å²) in [7, 11) is 0. The summed E-state index contributed by atoms with van der Waals surface area (Å²) in [5, 5.41) is 4.18. The summed E-state index contributed by atoms with van der Waals surface area (Å²) in [6.45, 7) is 5.14. The van der Waals surface area contributed by atoms with E-state index in [1.807, 2.05) is 11.8 Å². The highest BCUT2D eigenvalue weighted by Gasteiger charge is 2.29. The zero-order valence-corrected chi connectivity index (χ0v) is 12.5. The van der Waals surface area contributed by atoms with Crippen molar-refractivity contribution in [3.8, 4) is 0 Å². The van der Waals surface area contributed by atoms with Crippen LogP contribution in [0.1, 0.15) is 39.0 Å². The summed E-state index contributed by atoms with van der Waals surface area (Å²) in [5.74, 6) is 0.692. The number of likely N-dealkylation sites (tertiary alicyclic amines) is 1. The van der Waals surface area contributed by atoms with Crippen molar-refractivity contribution in [2.45, 2.75) is 50.3 Å². The van der Waals surface area contributed by atoms with E-state index in [0.717, 1.165) is 37.7 Å². The van der Waals surface area contributed by atoms with Crippen molar-refractivity contribution in [3.05, 3.63) is 0 Å². The molecule has 0 saturated carbocycles. The van der Waals surface area contributed by atoms with Gasteiger partial charge in [-0.1, -0.05) is 0 Å². The Bertz CT molecular complexity index is 285. The lowest BCUT2D eigenvalue weighted by molar-refractivity contribution is -0.136. The van der Waals surface area contributed by atoms with Gasteiger partial charge in [0.25, 0.3) is 0 Å². The maximum Gasteiger partial charge on any atom is 0.225 e. The number of carbonyl (C=O) groups excluding carboxylic acids is 1. The van der Waals surface area contributed by atoms with Crippen molar-refractivity contribution in [1.29, 1.82) is 0 Å². The van der Waals surface area contributed by atoms with E-state index in [4.69, 9.17) is 0 Å². The van der Waals surface area contributed by atoms with Crippen LogP contribution in [0.5, 0.6) is 0 Å². The number of carbonyl (C=O) groups is 1. The highest BCUT2D eigenvalue weighted by atomic mass is 32.2. The fourth-order valence-electron chi connectivity index (χ4n) is 3.14. The van der Waals surface area contributed by atoms with Gasteiger partial charge in [-0.15, -0.1) is 0 Å². The zero-order valence-electron chi connectivity index (χ0n) is 11.7. The smallest absolute Gasteiger partial charge is 0.225 e. The van der Waals surface area contributed by atoms with Gasteiger partial charge in [0, 0.05) is 30.3 Å². The summed E-state index contributed by atoms with van der Waals surface area (Å²) < 4.78 is 0. The van der Waals surface area contributed by atoms with Crippen molar-refractivity contribution in [2.75, 3.05) is 25.9 Å². The van der Waals surface area contributed by atoms with E-state index in [1.165, 1.54) is 19.3 Å². The molecule has 2 aliphatic rings. The summed E-state index contributed by atoms with van der Waals surface area (Å²) >= 11 is 1.96. The van der Waals surface area contributed by atoms with Gasteiger partial charge < -0.3 is 10.2 Å². The molecule has 0 bridgehead atoms. The van der Waals surface area contributed by atoms with Gasteiger partial charge in [0.15, 0.2) is 0 Å². The normalized spacial score (nSPS) is 34.1. The zero-order chi connectivity index (χ0) is 13.0. The minimum atomic E-state index is 0.270. The molecule has 2 rings (SSSR count). The lowest BCUT2D eigenvalue weighted by atomic mass is 9.92. The van der Waals surface area contributed by atoms with Gasteiger partial charge in [-0.3, -0.25) is 4.79 Å². The second-order valence-electron chi connectivity index (χ2n) is 5.69. The first-order valence-corrected chi connectivity index (χ1v) is 8.54. The summed E-state index contributed by atoms with van der Waals surface area (Å²) in [5.41, 5.74) is 0. The molecule has 2 saturated heterocycles. The average Bonchev–Trinajstić information content (AvgIpc) is 2.63. The Hall–Kier alpha value is -0.220. The first-order valence-electron chi connectivity index (χ1n) is 7.25. The van der Waals surface area contributed by atoms with Gasteiger partial charge in [0.2, 0.25) is 5.91 Å². The molecule has 2 heterocycles. The third-order valence-electron chi connectivity index (χ3n) is 4.29. The van der Waals surface area contributed by atoms with Gasteiger partial charge in [-0.05, 0) is 51.8 Å². The Labute approximate surface area is 115 Å². The predicted octanol–water partition coefficient (Wildman–Crippen LogP) is 2.12. The Morgan fingerprint density at radius 1 is 1.28 bits per heavy atom. The van der Waals surface area contributed by atoms with Crippen LogP contribution in [-0.2, 0) is 4.79 Å². The highest BCUT2D eigenvalue weighted by Crippen LogP contribution is 2.24. The molecule has 0 radical (unpaired) electrons. The van der Waals surface area contributed by atoms with Crippen LogP contribution in [-0.4, -0.2) is 48.0 Å². The van der Waals surface area contributed by atoms with Gasteiger partial charge in [0.05, 0.1) is 0 Å². The van der Waals surface area contributed by atoms with Gasteiger partial charge in [0.1, 0.15) is 0 Å². The number of rotatable bonds is 2. The van der Waals surface area contributed by atoms with Gasteiger partial charge in [-0.25, -0.2) is 0 Å². The molecule has 2 fully saturated rings. The Balaban J connectivity index is 1.88. The largest absolute Gasteiger partial charge is 0.342 e. The van der Waals surface area contributed by atoms with Crippen molar-refractivity contribution in [3.63, 3.8) is 0 Å². The first kappa shape index (κ1) is 14.2. The van der Waals surface area contributed by atoms with Crippen molar-refractivity contribution < 1.29 is 4.79 Å². The molecule has 3 atom stereocenters. The second kappa shape index (κ2) is 6.80. The number of thioether (sulfide) groups is 1. The van der Waals surface area contributed by atoms with Crippen molar-refractivity contribution >= 4 is 17.7 Å². The maximum absolute atomic E-state index is 12.5. The molecule has 2 aliphatic heterocycles. The van der Waals surface area contributed by atoms with E-state index < -0.39 is 0 Å². The molecular formula is C14H26N2OS. The second-order valence-corrected chi connectivity index (χ2v) is 6.83. The van der Waals surface area contributed by atoms with Crippen LogP contribution >= 0.6 is 11.8 Å². The predicted molar refractivity (Wildman–Crippen MR) is 77.9 cm³/mol. The molecule has 1 amide bonds. The first-order chi connectivity index (χ1) is 8.70. The van der Waals surface area contributed by atoms with E-state index >= 15 is 0 Å². The highest BCUT2D eigenvalue weighted by molar-refractivity contribution is 7.99. The summed E-state index contributed by atoms with van der Waals surface area (Å²) in [6.07, 6.45) is 7.85. The topological polar surface area (TPSA) is 32.3 Å². The SMILES string of the molecule is CSC1CCCN(C(=O)C2CCNC(C)C2)CC1. The van der Waals surface area contributed by atoms with E-state index in [9.17, 15) is 4.79 Å². The third-order valence-corrected chi connectivity index (χ3v) is 5.43. The van der Waals surface area contributed by atoms with E-state index in [0.29, 0.717) is 11.9 Å². The Morgan fingerprint density at radius 3 is 2.83 bits per heavy atom. The maximum atomic E-state index is 12.5. The van der Waals surface area contributed by atoms with E-state index in [1.54, 1.807) is 0 Å². The van der Waals surface area contributed by atoms with Crippen LogP contribution in [0.15, 0.2) is 0 Å². The molecule has 3 unspecified atom stereocenters. The Morgan fingerprint density at radius 2 is 2.11 bits per heavy atom. The number of amides is 1. The van der Waals surface area contributed by atoms with Crippen LogP contribution in [0.25, 0.3) is 0 Å². The minimum absolute atomic E-state index is 0.270. The fraction of sp³-hybridized carbons (Fsp3) is 0.929. The third kappa shape index (κ3) is 3.64. The van der Waals surface area contributed by atoms with Crippen LogP contribution in [0.4, 0.5) is 0 Å². The number of nitrogens with one attached hydrogen (secondary N) is 1. The average molecular weight is 270 g/mol. The summed E-state index contributed by atoms with van der Waals surface area (Å²) in [4.78, 5) is 14.7. The number of piperidine rings is 1. The molecule has 1 N–H and O–H groups in total. The van der Waals surface area contributed by atoms with Crippen molar-refractivity contribution in [1.82, 2.24) is 10.2 Å². The lowest BCUT2D eigenvalue weighted by Gasteiger charge is -2.31. The molecule has 0 aromatic carbocycles. The van der Waals surface area contributed by atoms with E-state index in [2.05, 4.69) is 23.4 Å². The lowest BCUT2D eigenvalue weighted by Crippen LogP contribution is -2.44. The summed E-state index contributed by atoms with van der Waals surface area (Å²) in [6, 6.07) is 0.499.